The molecule has 2 unspecified atom stereocenters. The van der Waals surface area contributed by atoms with E-state index in [1.807, 2.05) is 6.92 Å². The van der Waals surface area contributed by atoms with Crippen molar-refractivity contribution in [2.24, 2.45) is 5.92 Å². The van der Waals surface area contributed by atoms with E-state index >= 15 is 0 Å². The molecule has 0 spiro atoms. The van der Waals surface area contributed by atoms with Crippen molar-refractivity contribution < 1.29 is 14.6 Å². The highest BCUT2D eigenvalue weighted by Crippen LogP contribution is 2.26. The number of carboxylic acid groups (broad SMARTS) is 1. The number of aliphatic carboxylic acids is 1. The maximum Gasteiger partial charge on any atom is 0.0655 e. The summed E-state index contributed by atoms with van der Waals surface area (Å²) in [6.07, 6.45) is 3.55. The minimum atomic E-state index is -0.951. The number of rotatable bonds is 3. The van der Waals surface area contributed by atoms with Crippen molar-refractivity contribution >= 4 is 5.97 Å². The molecule has 70 valence electrons. The van der Waals surface area contributed by atoms with Gasteiger partial charge in [-0.2, -0.15) is 0 Å². The minimum absolute atomic E-state index is 0.103. The lowest BCUT2D eigenvalue weighted by Crippen LogP contribution is -2.41. The quantitative estimate of drug-likeness (QED) is 0.615. The molecule has 1 aliphatic rings. The molecule has 1 fully saturated rings. The fourth-order valence-electron chi connectivity index (χ4n) is 1.78. The van der Waals surface area contributed by atoms with E-state index in [1.54, 1.807) is 0 Å². The predicted octanol–water partition coefficient (Wildman–Crippen LogP) is 0.332. The summed E-state index contributed by atoms with van der Waals surface area (Å²) in [7, 11) is 0. The van der Waals surface area contributed by atoms with Crippen LogP contribution in [-0.2, 0) is 9.53 Å². The summed E-state index contributed by atoms with van der Waals surface area (Å²) in [4.78, 5) is 10.6. The first-order valence-corrected chi connectivity index (χ1v) is 4.58. The van der Waals surface area contributed by atoms with Gasteiger partial charge < -0.3 is 14.6 Å². The van der Waals surface area contributed by atoms with Crippen LogP contribution in [0.1, 0.15) is 32.6 Å². The second-order valence-electron chi connectivity index (χ2n) is 3.20. The highest BCUT2D eigenvalue weighted by atomic mass is 16.5. The van der Waals surface area contributed by atoms with Crippen LogP contribution in [0.2, 0.25) is 0 Å². The fraction of sp³-hybridized carbons (Fsp3) is 0.889. The molecule has 0 heterocycles. The Hall–Kier alpha value is -0.570. The summed E-state index contributed by atoms with van der Waals surface area (Å²) in [5, 5.41) is 10.6. The number of hydrogen-bond donors (Lipinski definition) is 0. The molecule has 0 aromatic carbocycles. The van der Waals surface area contributed by atoms with Crippen molar-refractivity contribution in [3.63, 3.8) is 0 Å². The molecule has 0 amide bonds. The monoisotopic (exact) mass is 171 g/mol. The van der Waals surface area contributed by atoms with Crippen molar-refractivity contribution in [1.82, 2.24) is 0 Å². The van der Waals surface area contributed by atoms with Gasteiger partial charge in [0.25, 0.3) is 0 Å². The highest BCUT2D eigenvalue weighted by Gasteiger charge is 2.25. The molecule has 0 saturated heterocycles. The largest absolute Gasteiger partial charge is 0.550 e. The molecule has 1 rings (SSSR count). The Morgan fingerprint density at radius 3 is 2.75 bits per heavy atom. The predicted molar refractivity (Wildman–Crippen MR) is 42.4 cm³/mol. The molecule has 0 aromatic rings. The number of carbonyl (C=O) groups excluding carboxylic acids is 1. The lowest BCUT2D eigenvalue weighted by Gasteiger charge is -2.31. The van der Waals surface area contributed by atoms with Gasteiger partial charge in [-0.25, -0.2) is 0 Å². The normalized spacial score (nSPS) is 30.1. The van der Waals surface area contributed by atoms with Gasteiger partial charge in [0.05, 0.1) is 6.10 Å². The van der Waals surface area contributed by atoms with Gasteiger partial charge in [-0.15, -0.1) is 0 Å². The average molecular weight is 171 g/mol. The van der Waals surface area contributed by atoms with Crippen LogP contribution in [0, 0.1) is 5.92 Å². The molecule has 0 N–H and O–H groups in total. The van der Waals surface area contributed by atoms with Gasteiger partial charge in [-0.05, 0) is 19.8 Å². The zero-order chi connectivity index (χ0) is 8.97. The first kappa shape index (κ1) is 9.52. The van der Waals surface area contributed by atoms with E-state index in [1.165, 1.54) is 0 Å². The molecule has 0 bridgehead atoms. The lowest BCUT2D eigenvalue weighted by molar-refractivity contribution is -0.316. The summed E-state index contributed by atoms with van der Waals surface area (Å²) in [6, 6.07) is 0. The Kier molecular flexibility index (Phi) is 3.53. The van der Waals surface area contributed by atoms with Crippen LogP contribution in [0.25, 0.3) is 0 Å². The summed E-state index contributed by atoms with van der Waals surface area (Å²) in [6.45, 7) is 2.48. The van der Waals surface area contributed by atoms with Crippen molar-refractivity contribution in [2.75, 3.05) is 6.61 Å². The van der Waals surface area contributed by atoms with Gasteiger partial charge in [0.1, 0.15) is 0 Å². The maximum atomic E-state index is 10.6. The third-order valence-electron chi connectivity index (χ3n) is 2.39. The third-order valence-corrected chi connectivity index (χ3v) is 2.39. The Balaban J connectivity index is 2.48. The lowest BCUT2D eigenvalue weighted by atomic mass is 9.86. The van der Waals surface area contributed by atoms with Crippen LogP contribution >= 0.6 is 0 Å². The second kappa shape index (κ2) is 4.45. The molecule has 0 radical (unpaired) electrons. The van der Waals surface area contributed by atoms with E-state index in [4.69, 9.17) is 4.74 Å². The number of ether oxygens (including phenoxy) is 1. The van der Waals surface area contributed by atoms with E-state index in [9.17, 15) is 9.90 Å². The first-order chi connectivity index (χ1) is 5.75. The summed E-state index contributed by atoms with van der Waals surface area (Å²) in [5.41, 5.74) is 0. The zero-order valence-corrected chi connectivity index (χ0v) is 7.41. The van der Waals surface area contributed by atoms with Crippen LogP contribution in [0.15, 0.2) is 0 Å². The summed E-state index contributed by atoms with van der Waals surface area (Å²) in [5.74, 6) is -1.33. The van der Waals surface area contributed by atoms with Crippen LogP contribution in [0.3, 0.4) is 0 Å². The van der Waals surface area contributed by atoms with Gasteiger partial charge in [0.15, 0.2) is 0 Å². The average Bonchev–Trinajstić information content (AvgIpc) is 2.05. The van der Waals surface area contributed by atoms with E-state index in [2.05, 4.69) is 0 Å². The smallest absolute Gasteiger partial charge is 0.0655 e. The molecule has 12 heavy (non-hydrogen) atoms. The van der Waals surface area contributed by atoms with Crippen molar-refractivity contribution in [3.8, 4) is 0 Å². The van der Waals surface area contributed by atoms with Crippen molar-refractivity contribution in [2.45, 2.75) is 38.7 Å². The Labute approximate surface area is 72.7 Å². The molecule has 0 aliphatic heterocycles. The van der Waals surface area contributed by atoms with Crippen LogP contribution in [0.5, 0.6) is 0 Å². The molecule has 2 atom stereocenters. The third kappa shape index (κ3) is 2.21. The second-order valence-corrected chi connectivity index (χ2v) is 3.20. The highest BCUT2D eigenvalue weighted by molar-refractivity contribution is 5.68. The molecule has 1 saturated carbocycles. The molecule has 1 aliphatic carbocycles. The van der Waals surface area contributed by atoms with Gasteiger partial charge in [0, 0.05) is 18.5 Å². The molecule has 3 heteroatoms. The van der Waals surface area contributed by atoms with Gasteiger partial charge in [-0.1, -0.05) is 12.8 Å². The first-order valence-electron chi connectivity index (χ1n) is 4.58. The standard InChI is InChI=1S/C9H16O3/c1-2-12-8-6-4-3-5-7(8)9(10)11/h7-8H,2-6H2,1H3,(H,10,11)/p-1. The fourth-order valence-corrected chi connectivity index (χ4v) is 1.78. The number of hydrogen-bond acceptors (Lipinski definition) is 3. The van der Waals surface area contributed by atoms with E-state index in [0.717, 1.165) is 19.3 Å². The number of carboxylic acids is 1. The van der Waals surface area contributed by atoms with Crippen LogP contribution in [0.4, 0.5) is 0 Å². The summed E-state index contributed by atoms with van der Waals surface area (Å²) >= 11 is 0. The van der Waals surface area contributed by atoms with E-state index < -0.39 is 5.97 Å². The molecule has 0 aromatic heterocycles. The van der Waals surface area contributed by atoms with E-state index in [0.29, 0.717) is 13.0 Å². The molecular formula is C9H15O3-. The molecular weight excluding hydrogens is 156 g/mol. The van der Waals surface area contributed by atoms with Crippen LogP contribution in [-0.4, -0.2) is 18.7 Å². The van der Waals surface area contributed by atoms with Crippen LogP contribution < -0.4 is 5.11 Å². The van der Waals surface area contributed by atoms with Gasteiger partial charge in [-0.3, -0.25) is 0 Å². The molecule has 3 nitrogen and oxygen atoms in total. The topological polar surface area (TPSA) is 49.4 Å². The zero-order valence-electron chi connectivity index (χ0n) is 7.41. The maximum absolute atomic E-state index is 10.6. The Morgan fingerprint density at radius 2 is 2.17 bits per heavy atom. The minimum Gasteiger partial charge on any atom is -0.550 e. The number of carbonyl (C=O) groups is 1. The van der Waals surface area contributed by atoms with Gasteiger partial charge in [0.2, 0.25) is 0 Å². The SMILES string of the molecule is CCOC1CCCCC1C(=O)[O-]. The van der Waals surface area contributed by atoms with Crippen molar-refractivity contribution in [3.05, 3.63) is 0 Å². The Bertz CT molecular complexity index is 154. The summed E-state index contributed by atoms with van der Waals surface area (Å²) < 4.78 is 5.34. The van der Waals surface area contributed by atoms with Gasteiger partial charge >= 0.3 is 0 Å². The van der Waals surface area contributed by atoms with Crippen molar-refractivity contribution in [1.29, 1.82) is 0 Å². The Morgan fingerprint density at radius 1 is 1.50 bits per heavy atom. The van der Waals surface area contributed by atoms with E-state index in [-0.39, 0.29) is 12.0 Å².